The van der Waals surface area contributed by atoms with Crippen LogP contribution in [0.1, 0.15) is 13.3 Å². The number of aromatic nitrogens is 2. The maximum absolute atomic E-state index is 12.6. The van der Waals surface area contributed by atoms with Gasteiger partial charge in [-0.15, -0.1) is 10.2 Å². The number of amides is 1. The van der Waals surface area contributed by atoms with Crippen LogP contribution >= 0.6 is 11.3 Å². The van der Waals surface area contributed by atoms with Crippen LogP contribution in [0.2, 0.25) is 0 Å². The van der Waals surface area contributed by atoms with Gasteiger partial charge in [0, 0.05) is 5.56 Å². The Balaban J connectivity index is 1.69. The fraction of sp³-hybridized carbons (Fsp3) is 0.211. The fourth-order valence-corrected chi connectivity index (χ4v) is 3.10. The zero-order valence-corrected chi connectivity index (χ0v) is 15.3. The minimum atomic E-state index is -0.657. The van der Waals surface area contributed by atoms with Crippen LogP contribution < -0.4 is 14.8 Å². The summed E-state index contributed by atoms with van der Waals surface area (Å²) in [6.07, 6.45) is -0.149. The van der Waals surface area contributed by atoms with Crippen molar-refractivity contribution in [2.75, 3.05) is 12.4 Å². The van der Waals surface area contributed by atoms with Gasteiger partial charge in [-0.05, 0) is 18.6 Å². The third kappa shape index (κ3) is 4.18. The Bertz CT molecular complexity index is 867. The number of carbonyl (C=O) groups is 1. The van der Waals surface area contributed by atoms with E-state index in [1.54, 1.807) is 19.2 Å². The molecule has 6 nitrogen and oxygen atoms in total. The summed E-state index contributed by atoms with van der Waals surface area (Å²) in [5.74, 6) is 0.842. The van der Waals surface area contributed by atoms with Crippen molar-refractivity contribution >= 4 is 22.4 Å². The van der Waals surface area contributed by atoms with E-state index in [0.717, 1.165) is 10.6 Å². The number of methoxy groups -OCH3 is 1. The lowest BCUT2D eigenvalue weighted by atomic mass is 10.2. The molecule has 1 unspecified atom stereocenters. The molecule has 3 rings (SSSR count). The quantitative estimate of drug-likeness (QED) is 0.681. The van der Waals surface area contributed by atoms with Crippen molar-refractivity contribution in [2.24, 2.45) is 0 Å². The summed E-state index contributed by atoms with van der Waals surface area (Å²) >= 11 is 1.32. The van der Waals surface area contributed by atoms with E-state index in [4.69, 9.17) is 9.47 Å². The van der Waals surface area contributed by atoms with Gasteiger partial charge in [0.15, 0.2) is 17.6 Å². The van der Waals surface area contributed by atoms with Crippen LogP contribution in [-0.4, -0.2) is 29.3 Å². The summed E-state index contributed by atoms with van der Waals surface area (Å²) in [5.41, 5.74) is 0.961. The lowest BCUT2D eigenvalue weighted by Crippen LogP contribution is -2.32. The van der Waals surface area contributed by atoms with Gasteiger partial charge in [0.1, 0.15) is 5.01 Å². The number of benzene rings is 2. The second-order valence-electron chi connectivity index (χ2n) is 5.43. The number of carbonyl (C=O) groups excluding carboxylic acids is 1. The first-order valence-corrected chi connectivity index (χ1v) is 9.02. The van der Waals surface area contributed by atoms with Crippen LogP contribution in [-0.2, 0) is 4.79 Å². The molecule has 1 N–H and O–H groups in total. The average Bonchev–Trinajstić information content (AvgIpc) is 3.15. The number of ether oxygens (including phenoxy) is 2. The predicted octanol–water partition coefficient (Wildman–Crippen LogP) is 4.01. The molecule has 7 heteroatoms. The molecule has 1 atom stereocenters. The highest BCUT2D eigenvalue weighted by atomic mass is 32.1. The number of hydrogen-bond acceptors (Lipinski definition) is 6. The van der Waals surface area contributed by atoms with Crippen molar-refractivity contribution in [3.8, 4) is 22.1 Å². The van der Waals surface area contributed by atoms with E-state index in [9.17, 15) is 4.79 Å². The van der Waals surface area contributed by atoms with Gasteiger partial charge in [-0.3, -0.25) is 10.1 Å². The zero-order valence-electron chi connectivity index (χ0n) is 14.5. The van der Waals surface area contributed by atoms with E-state index in [-0.39, 0.29) is 5.91 Å². The summed E-state index contributed by atoms with van der Waals surface area (Å²) in [4.78, 5) is 12.6. The third-order valence-electron chi connectivity index (χ3n) is 3.68. The molecule has 0 fully saturated rings. The molecule has 1 amide bonds. The molecule has 0 bridgehead atoms. The Morgan fingerprint density at radius 3 is 2.46 bits per heavy atom. The van der Waals surface area contributed by atoms with Crippen molar-refractivity contribution in [2.45, 2.75) is 19.4 Å². The molecule has 1 heterocycles. The van der Waals surface area contributed by atoms with Gasteiger partial charge in [0.2, 0.25) is 5.13 Å². The Morgan fingerprint density at radius 2 is 1.77 bits per heavy atom. The minimum absolute atomic E-state index is 0.269. The summed E-state index contributed by atoms with van der Waals surface area (Å²) in [6.45, 7) is 1.88. The standard InChI is InChI=1S/C19H19N3O3S/c1-3-14(25-16-12-8-7-11-15(16)24-2)17(23)20-19-22-21-18(26-19)13-9-5-4-6-10-13/h4-12,14H,3H2,1-2H3,(H,20,22,23). The van der Waals surface area contributed by atoms with Gasteiger partial charge < -0.3 is 9.47 Å². The number of para-hydroxylation sites is 2. The molecule has 0 aliphatic heterocycles. The largest absolute Gasteiger partial charge is 0.493 e. The molecule has 2 aromatic carbocycles. The van der Waals surface area contributed by atoms with Crippen LogP contribution in [0.5, 0.6) is 11.5 Å². The molecule has 0 aliphatic rings. The third-order valence-corrected chi connectivity index (χ3v) is 4.57. The van der Waals surface area contributed by atoms with Crippen molar-refractivity contribution in [3.05, 3.63) is 54.6 Å². The van der Waals surface area contributed by atoms with Crippen molar-refractivity contribution in [1.29, 1.82) is 0 Å². The number of hydrogen-bond donors (Lipinski definition) is 1. The molecular formula is C19H19N3O3S. The lowest BCUT2D eigenvalue weighted by molar-refractivity contribution is -0.122. The van der Waals surface area contributed by atoms with Crippen molar-refractivity contribution < 1.29 is 14.3 Å². The number of rotatable bonds is 7. The molecule has 1 aromatic heterocycles. The number of nitrogens with zero attached hydrogens (tertiary/aromatic N) is 2. The van der Waals surface area contributed by atoms with Crippen LogP contribution in [0, 0.1) is 0 Å². The highest BCUT2D eigenvalue weighted by Gasteiger charge is 2.21. The zero-order chi connectivity index (χ0) is 18.4. The Hall–Kier alpha value is -2.93. The normalized spacial score (nSPS) is 11.6. The van der Waals surface area contributed by atoms with Gasteiger partial charge in [-0.1, -0.05) is 60.7 Å². The minimum Gasteiger partial charge on any atom is -0.493 e. The summed E-state index contributed by atoms with van der Waals surface area (Å²) in [6, 6.07) is 16.9. The maximum Gasteiger partial charge on any atom is 0.267 e. The molecule has 134 valence electrons. The number of nitrogens with one attached hydrogen (secondary N) is 1. The van der Waals surface area contributed by atoms with Gasteiger partial charge in [-0.25, -0.2) is 0 Å². The lowest BCUT2D eigenvalue weighted by Gasteiger charge is -2.18. The second kappa shape index (κ2) is 8.44. The highest BCUT2D eigenvalue weighted by Crippen LogP contribution is 2.29. The molecule has 0 radical (unpaired) electrons. The molecule has 0 saturated carbocycles. The molecule has 3 aromatic rings. The van der Waals surface area contributed by atoms with Crippen LogP contribution in [0.4, 0.5) is 5.13 Å². The first-order valence-electron chi connectivity index (χ1n) is 8.20. The Labute approximate surface area is 155 Å². The summed E-state index contributed by atoms with van der Waals surface area (Å²) < 4.78 is 11.1. The van der Waals surface area contributed by atoms with E-state index in [1.807, 2.05) is 49.4 Å². The molecular weight excluding hydrogens is 350 g/mol. The van der Waals surface area contributed by atoms with E-state index in [2.05, 4.69) is 15.5 Å². The molecule has 26 heavy (non-hydrogen) atoms. The van der Waals surface area contributed by atoms with E-state index in [1.165, 1.54) is 11.3 Å². The predicted molar refractivity (Wildman–Crippen MR) is 102 cm³/mol. The topological polar surface area (TPSA) is 73.3 Å². The van der Waals surface area contributed by atoms with Crippen molar-refractivity contribution in [3.63, 3.8) is 0 Å². The molecule has 0 spiro atoms. The number of anilines is 1. The van der Waals surface area contributed by atoms with Gasteiger partial charge in [0.05, 0.1) is 7.11 Å². The summed E-state index contributed by atoms with van der Waals surface area (Å²) in [7, 11) is 1.57. The second-order valence-corrected chi connectivity index (χ2v) is 6.41. The van der Waals surface area contributed by atoms with E-state index < -0.39 is 6.10 Å². The Morgan fingerprint density at radius 1 is 1.08 bits per heavy atom. The van der Waals surface area contributed by atoms with Gasteiger partial charge in [0.25, 0.3) is 5.91 Å². The molecule has 0 saturated heterocycles. The fourth-order valence-electron chi connectivity index (χ4n) is 2.35. The maximum atomic E-state index is 12.6. The van der Waals surface area contributed by atoms with Crippen LogP contribution in [0.25, 0.3) is 10.6 Å². The van der Waals surface area contributed by atoms with Crippen molar-refractivity contribution in [1.82, 2.24) is 10.2 Å². The Kier molecular flexibility index (Phi) is 5.80. The first kappa shape index (κ1) is 17.9. The highest BCUT2D eigenvalue weighted by molar-refractivity contribution is 7.18. The smallest absolute Gasteiger partial charge is 0.267 e. The van der Waals surface area contributed by atoms with Gasteiger partial charge >= 0.3 is 0 Å². The van der Waals surface area contributed by atoms with Crippen LogP contribution in [0.3, 0.4) is 0 Å². The van der Waals surface area contributed by atoms with Gasteiger partial charge in [-0.2, -0.15) is 0 Å². The first-order chi connectivity index (χ1) is 12.7. The summed E-state index contributed by atoms with van der Waals surface area (Å²) in [5, 5.41) is 12.1. The molecule has 0 aliphatic carbocycles. The monoisotopic (exact) mass is 369 g/mol. The average molecular weight is 369 g/mol. The van der Waals surface area contributed by atoms with E-state index in [0.29, 0.717) is 23.1 Å². The van der Waals surface area contributed by atoms with E-state index >= 15 is 0 Å². The van der Waals surface area contributed by atoms with Crippen LogP contribution in [0.15, 0.2) is 54.6 Å². The SMILES string of the molecule is CCC(Oc1ccccc1OC)C(=O)Nc1nnc(-c2ccccc2)s1.